The first-order valence-corrected chi connectivity index (χ1v) is 6.47. The Morgan fingerprint density at radius 1 is 1.24 bits per heavy atom. The average molecular weight is 237 g/mol. The summed E-state index contributed by atoms with van der Waals surface area (Å²) in [5.41, 5.74) is 0. The molecule has 3 heterocycles. The van der Waals surface area contributed by atoms with E-state index in [0.717, 1.165) is 32.4 Å². The van der Waals surface area contributed by atoms with Crippen molar-refractivity contribution >= 4 is 11.8 Å². The Morgan fingerprint density at radius 3 is 2.76 bits per heavy atom. The maximum atomic E-state index is 11.8. The molecule has 1 N–H and O–H groups in total. The lowest BCUT2D eigenvalue weighted by atomic mass is 10.0. The predicted molar refractivity (Wildman–Crippen MR) is 62.3 cm³/mol. The number of likely N-dealkylation sites (tertiary alicyclic amines) is 1. The van der Waals surface area contributed by atoms with Crippen LogP contribution in [0.25, 0.3) is 0 Å². The van der Waals surface area contributed by atoms with Crippen LogP contribution in [0.15, 0.2) is 0 Å². The quantitative estimate of drug-likeness (QED) is 0.709. The number of carbonyl (C=O) groups excluding carboxylic acids is 2. The van der Waals surface area contributed by atoms with Gasteiger partial charge >= 0.3 is 0 Å². The number of carbonyl (C=O) groups is 2. The third kappa shape index (κ3) is 1.73. The second kappa shape index (κ2) is 3.98. The van der Waals surface area contributed by atoms with Crippen molar-refractivity contribution in [3.63, 3.8) is 0 Å². The number of hydrogen-bond donors (Lipinski definition) is 1. The molecule has 3 saturated heterocycles. The number of fused-ring (bicyclic) bond motifs is 1. The molecule has 3 unspecified atom stereocenters. The molecule has 3 aliphatic heterocycles. The molecule has 0 bridgehead atoms. The van der Waals surface area contributed by atoms with Gasteiger partial charge in [0.15, 0.2) is 0 Å². The summed E-state index contributed by atoms with van der Waals surface area (Å²) in [5, 5.41) is 3.41. The van der Waals surface area contributed by atoms with E-state index in [4.69, 9.17) is 0 Å². The second-order valence-electron chi connectivity index (χ2n) is 5.38. The second-order valence-corrected chi connectivity index (χ2v) is 5.38. The first-order chi connectivity index (χ1) is 8.16. The van der Waals surface area contributed by atoms with Crippen molar-refractivity contribution < 1.29 is 9.59 Å². The molecule has 3 fully saturated rings. The van der Waals surface area contributed by atoms with E-state index >= 15 is 0 Å². The smallest absolute Gasteiger partial charge is 0.239 e. The maximum Gasteiger partial charge on any atom is 0.239 e. The largest absolute Gasteiger partial charge is 0.344 e. The molecule has 3 atom stereocenters. The molecule has 0 radical (unpaired) electrons. The molecule has 0 aromatic rings. The van der Waals surface area contributed by atoms with Crippen molar-refractivity contribution in [2.45, 2.75) is 43.8 Å². The Kier molecular flexibility index (Phi) is 2.58. The fraction of sp³-hybridized carbons (Fsp3) is 0.833. The van der Waals surface area contributed by atoms with E-state index in [1.54, 1.807) is 4.90 Å². The van der Waals surface area contributed by atoms with E-state index < -0.39 is 0 Å². The topological polar surface area (TPSA) is 52.7 Å². The normalized spacial score (nSPS) is 37.1. The van der Waals surface area contributed by atoms with E-state index in [2.05, 4.69) is 5.32 Å². The zero-order valence-corrected chi connectivity index (χ0v) is 10.2. The zero-order chi connectivity index (χ0) is 12.0. The van der Waals surface area contributed by atoms with Crippen LogP contribution < -0.4 is 5.32 Å². The van der Waals surface area contributed by atoms with Crippen LogP contribution in [-0.4, -0.2) is 59.9 Å². The van der Waals surface area contributed by atoms with Crippen molar-refractivity contribution in [1.29, 1.82) is 0 Å². The van der Waals surface area contributed by atoms with Crippen LogP contribution in [0.1, 0.15) is 25.7 Å². The van der Waals surface area contributed by atoms with Gasteiger partial charge in [-0.2, -0.15) is 0 Å². The molecule has 0 aromatic heterocycles. The predicted octanol–water partition coefficient (Wildman–Crippen LogP) is -0.430. The molecule has 5 nitrogen and oxygen atoms in total. The summed E-state index contributed by atoms with van der Waals surface area (Å²) in [7, 11) is 1.84. The van der Waals surface area contributed by atoms with Gasteiger partial charge in [0.05, 0.1) is 6.04 Å². The van der Waals surface area contributed by atoms with Crippen molar-refractivity contribution in [2.75, 3.05) is 20.1 Å². The summed E-state index contributed by atoms with van der Waals surface area (Å²) in [6, 6.07) is 0.449. The standard InChI is InChI=1S/C12H19N3O2/c1-14-6-4-8(12(14)17)13-9-7-11(16)15-5-2-3-10(9)15/h8-10,13H,2-7H2,1H3. The molecule has 94 valence electrons. The average Bonchev–Trinajstić information content (AvgIpc) is 2.95. The summed E-state index contributed by atoms with van der Waals surface area (Å²) in [6.07, 6.45) is 3.62. The highest BCUT2D eigenvalue weighted by Gasteiger charge is 2.44. The van der Waals surface area contributed by atoms with Crippen LogP contribution in [0.3, 0.4) is 0 Å². The molecule has 0 saturated carbocycles. The Bertz CT molecular complexity index is 358. The number of hydrogen-bond acceptors (Lipinski definition) is 3. The van der Waals surface area contributed by atoms with Gasteiger partial charge in [-0.3, -0.25) is 9.59 Å². The minimum absolute atomic E-state index is 0.0710. The molecular weight excluding hydrogens is 218 g/mol. The van der Waals surface area contributed by atoms with Gasteiger partial charge in [-0.1, -0.05) is 0 Å². The molecule has 17 heavy (non-hydrogen) atoms. The SMILES string of the molecule is CN1CCC(NC2CC(=O)N3CCCC23)C1=O. The summed E-state index contributed by atoms with van der Waals surface area (Å²) in [6.45, 7) is 1.73. The first-order valence-electron chi connectivity index (χ1n) is 6.47. The first kappa shape index (κ1) is 11.0. The van der Waals surface area contributed by atoms with E-state index in [0.29, 0.717) is 12.5 Å². The highest BCUT2D eigenvalue weighted by atomic mass is 16.2. The Morgan fingerprint density at radius 2 is 2.06 bits per heavy atom. The molecule has 3 aliphatic rings. The van der Waals surface area contributed by atoms with Crippen molar-refractivity contribution in [3.05, 3.63) is 0 Å². The molecule has 3 rings (SSSR count). The van der Waals surface area contributed by atoms with Crippen molar-refractivity contribution in [1.82, 2.24) is 15.1 Å². The fourth-order valence-corrected chi connectivity index (χ4v) is 3.37. The lowest BCUT2D eigenvalue weighted by Gasteiger charge is -2.23. The van der Waals surface area contributed by atoms with Gasteiger partial charge in [0.2, 0.25) is 11.8 Å². The number of amides is 2. The lowest BCUT2D eigenvalue weighted by molar-refractivity contribution is -0.129. The summed E-state index contributed by atoms with van der Waals surface area (Å²) >= 11 is 0. The Balaban J connectivity index is 1.66. The molecule has 0 aliphatic carbocycles. The molecule has 0 aromatic carbocycles. The van der Waals surface area contributed by atoms with Gasteiger partial charge in [-0.15, -0.1) is 0 Å². The van der Waals surface area contributed by atoms with Gasteiger partial charge < -0.3 is 15.1 Å². The van der Waals surface area contributed by atoms with E-state index in [1.807, 2.05) is 11.9 Å². The highest BCUT2D eigenvalue weighted by Crippen LogP contribution is 2.29. The molecule has 5 heteroatoms. The van der Waals surface area contributed by atoms with Gasteiger partial charge in [0, 0.05) is 38.6 Å². The summed E-state index contributed by atoms with van der Waals surface area (Å²) in [5.74, 6) is 0.428. The van der Waals surface area contributed by atoms with Gasteiger partial charge in [-0.25, -0.2) is 0 Å². The Hall–Kier alpha value is -1.10. The fourth-order valence-electron chi connectivity index (χ4n) is 3.37. The minimum Gasteiger partial charge on any atom is -0.344 e. The van der Waals surface area contributed by atoms with Gasteiger partial charge in [0.25, 0.3) is 0 Å². The van der Waals surface area contributed by atoms with E-state index in [-0.39, 0.29) is 23.9 Å². The van der Waals surface area contributed by atoms with Crippen LogP contribution in [0.4, 0.5) is 0 Å². The van der Waals surface area contributed by atoms with Gasteiger partial charge in [-0.05, 0) is 19.3 Å². The van der Waals surface area contributed by atoms with Crippen molar-refractivity contribution in [3.8, 4) is 0 Å². The molecule has 0 spiro atoms. The zero-order valence-electron chi connectivity index (χ0n) is 10.2. The lowest BCUT2D eigenvalue weighted by Crippen LogP contribution is -2.47. The number of nitrogens with zero attached hydrogens (tertiary/aromatic N) is 2. The van der Waals surface area contributed by atoms with Crippen molar-refractivity contribution in [2.24, 2.45) is 0 Å². The maximum absolute atomic E-state index is 11.8. The molecular formula is C12H19N3O2. The van der Waals surface area contributed by atoms with E-state index in [1.165, 1.54) is 0 Å². The number of nitrogens with one attached hydrogen (secondary N) is 1. The molecule has 2 amide bonds. The van der Waals surface area contributed by atoms with Crippen LogP contribution in [0.2, 0.25) is 0 Å². The van der Waals surface area contributed by atoms with E-state index in [9.17, 15) is 9.59 Å². The van der Waals surface area contributed by atoms with Crippen LogP contribution in [0.5, 0.6) is 0 Å². The van der Waals surface area contributed by atoms with Crippen LogP contribution in [0, 0.1) is 0 Å². The van der Waals surface area contributed by atoms with Crippen LogP contribution >= 0.6 is 0 Å². The van der Waals surface area contributed by atoms with Crippen LogP contribution in [-0.2, 0) is 9.59 Å². The summed E-state index contributed by atoms with van der Waals surface area (Å²) in [4.78, 5) is 27.4. The third-order valence-corrected chi connectivity index (χ3v) is 4.32. The minimum atomic E-state index is -0.0710. The number of likely N-dealkylation sites (N-methyl/N-ethyl adjacent to an activating group) is 1. The monoisotopic (exact) mass is 237 g/mol. The number of rotatable bonds is 2. The van der Waals surface area contributed by atoms with Gasteiger partial charge in [0.1, 0.15) is 0 Å². The summed E-state index contributed by atoms with van der Waals surface area (Å²) < 4.78 is 0. The Labute approximate surface area is 101 Å². The third-order valence-electron chi connectivity index (χ3n) is 4.32. The highest BCUT2D eigenvalue weighted by molar-refractivity contribution is 5.84.